The summed E-state index contributed by atoms with van der Waals surface area (Å²) in [4.78, 5) is 11.8. The summed E-state index contributed by atoms with van der Waals surface area (Å²) < 4.78 is 44.5. The lowest BCUT2D eigenvalue weighted by molar-refractivity contribution is -0.166. The Bertz CT molecular complexity index is 482. The Morgan fingerprint density at radius 3 is 2.75 bits per heavy atom. The van der Waals surface area contributed by atoms with Crippen molar-refractivity contribution < 1.29 is 22.7 Å². The second-order valence-corrected chi connectivity index (χ2v) is 4.90. The lowest BCUT2D eigenvalue weighted by atomic mass is 10.0. The van der Waals surface area contributed by atoms with Crippen LogP contribution < -0.4 is 5.32 Å². The fourth-order valence-corrected chi connectivity index (χ4v) is 2.22. The third kappa shape index (κ3) is 3.50. The zero-order chi connectivity index (χ0) is 14.8. The molecule has 1 aliphatic rings. The van der Waals surface area contributed by atoms with E-state index in [4.69, 9.17) is 4.74 Å². The summed E-state index contributed by atoms with van der Waals surface area (Å²) in [5, 5.41) is 2.05. The minimum absolute atomic E-state index is 0.0313. The topological polar surface area (TPSA) is 38.3 Å². The molecular formula is C14H16F3NO2. The lowest BCUT2D eigenvalue weighted by Gasteiger charge is -2.23. The normalized spacial score (nSPS) is 20.7. The van der Waals surface area contributed by atoms with E-state index in [-0.39, 0.29) is 5.56 Å². The van der Waals surface area contributed by atoms with Crippen LogP contribution in [0, 0.1) is 6.92 Å². The molecule has 0 bridgehead atoms. The van der Waals surface area contributed by atoms with Crippen molar-refractivity contribution in [3.63, 3.8) is 0 Å². The van der Waals surface area contributed by atoms with Crippen molar-refractivity contribution in [1.82, 2.24) is 5.32 Å². The molecule has 1 saturated heterocycles. The second-order valence-electron chi connectivity index (χ2n) is 4.90. The summed E-state index contributed by atoms with van der Waals surface area (Å²) in [5.41, 5.74) is 0.743. The van der Waals surface area contributed by atoms with Gasteiger partial charge in [-0.25, -0.2) is 0 Å². The number of ether oxygens (including phenoxy) is 1. The molecule has 1 aromatic rings. The van der Waals surface area contributed by atoms with Crippen LogP contribution in [0.25, 0.3) is 0 Å². The van der Waals surface area contributed by atoms with Crippen LogP contribution in [0.3, 0.4) is 0 Å². The van der Waals surface area contributed by atoms with Crippen molar-refractivity contribution >= 4 is 5.91 Å². The molecule has 1 aliphatic heterocycles. The van der Waals surface area contributed by atoms with Gasteiger partial charge in [-0.3, -0.25) is 4.79 Å². The number of aryl methyl sites for hydroxylation is 1. The van der Waals surface area contributed by atoms with Crippen LogP contribution in [0.1, 0.15) is 30.0 Å². The van der Waals surface area contributed by atoms with Gasteiger partial charge in [0.05, 0.1) is 0 Å². The van der Waals surface area contributed by atoms with E-state index < -0.39 is 24.2 Å². The molecule has 1 aromatic carbocycles. The standard InChI is InChI=1S/C14H16F3NO2/c1-9-4-2-5-10(8-9)12(14(15,16)17)18-13(19)11-6-3-7-20-11/h2,4-5,8,11-12H,3,6-7H2,1H3,(H,18,19)/t11-,12+/m0/s1. The molecule has 0 saturated carbocycles. The number of carbonyl (C=O) groups is 1. The van der Waals surface area contributed by atoms with Crippen molar-refractivity contribution in [3.8, 4) is 0 Å². The van der Waals surface area contributed by atoms with Crippen molar-refractivity contribution in [3.05, 3.63) is 35.4 Å². The Morgan fingerprint density at radius 1 is 1.45 bits per heavy atom. The zero-order valence-corrected chi connectivity index (χ0v) is 11.0. The van der Waals surface area contributed by atoms with E-state index in [1.165, 1.54) is 12.1 Å². The fraction of sp³-hybridized carbons (Fsp3) is 0.500. The molecule has 0 aromatic heterocycles. The quantitative estimate of drug-likeness (QED) is 0.928. The molecule has 6 heteroatoms. The van der Waals surface area contributed by atoms with Crippen molar-refractivity contribution in [2.75, 3.05) is 6.61 Å². The minimum atomic E-state index is -4.54. The SMILES string of the molecule is Cc1cccc([C@@H](NC(=O)[C@@H]2CCCO2)C(F)(F)F)c1. The highest BCUT2D eigenvalue weighted by Gasteiger charge is 2.43. The summed E-state index contributed by atoms with van der Waals surface area (Å²) in [6, 6.07) is 4.04. The minimum Gasteiger partial charge on any atom is -0.368 e. The van der Waals surface area contributed by atoms with Gasteiger partial charge in [-0.1, -0.05) is 29.8 Å². The average molecular weight is 287 g/mol. The highest BCUT2D eigenvalue weighted by molar-refractivity contribution is 5.81. The van der Waals surface area contributed by atoms with Crippen LogP contribution in [-0.2, 0) is 9.53 Å². The van der Waals surface area contributed by atoms with Crippen LogP contribution >= 0.6 is 0 Å². The van der Waals surface area contributed by atoms with Gasteiger partial charge >= 0.3 is 6.18 Å². The molecule has 1 amide bonds. The molecule has 3 nitrogen and oxygen atoms in total. The highest BCUT2D eigenvalue weighted by Crippen LogP contribution is 2.33. The molecule has 0 radical (unpaired) electrons. The number of benzene rings is 1. The molecule has 1 fully saturated rings. The van der Waals surface area contributed by atoms with Crippen molar-refractivity contribution in [2.45, 2.75) is 38.1 Å². The third-order valence-corrected chi connectivity index (χ3v) is 3.21. The molecule has 0 spiro atoms. The predicted octanol–water partition coefficient (Wildman–Crippen LogP) is 2.89. The highest BCUT2D eigenvalue weighted by atomic mass is 19.4. The first-order valence-corrected chi connectivity index (χ1v) is 6.43. The zero-order valence-electron chi connectivity index (χ0n) is 11.0. The number of rotatable bonds is 3. The third-order valence-electron chi connectivity index (χ3n) is 3.21. The van der Waals surface area contributed by atoms with E-state index in [0.29, 0.717) is 25.0 Å². The van der Waals surface area contributed by atoms with Gasteiger partial charge in [-0.15, -0.1) is 0 Å². The number of carbonyl (C=O) groups excluding carboxylic acids is 1. The fourth-order valence-electron chi connectivity index (χ4n) is 2.22. The van der Waals surface area contributed by atoms with Gasteiger partial charge < -0.3 is 10.1 Å². The number of alkyl halides is 3. The predicted molar refractivity (Wildman–Crippen MR) is 67.1 cm³/mol. The molecule has 1 heterocycles. The largest absolute Gasteiger partial charge is 0.412 e. The monoisotopic (exact) mass is 287 g/mol. The van der Waals surface area contributed by atoms with Gasteiger partial charge in [0.2, 0.25) is 5.91 Å². The summed E-state index contributed by atoms with van der Waals surface area (Å²) in [6.45, 7) is 2.12. The smallest absolute Gasteiger partial charge is 0.368 e. The van der Waals surface area contributed by atoms with E-state index >= 15 is 0 Å². The maximum Gasteiger partial charge on any atom is 0.412 e. The van der Waals surface area contributed by atoms with Crippen molar-refractivity contribution in [2.24, 2.45) is 0 Å². The molecule has 110 valence electrons. The van der Waals surface area contributed by atoms with Gasteiger partial charge in [0, 0.05) is 6.61 Å². The van der Waals surface area contributed by atoms with Crippen LogP contribution in [0.5, 0.6) is 0 Å². The molecule has 2 rings (SSSR count). The first-order valence-electron chi connectivity index (χ1n) is 6.43. The number of amides is 1. The number of nitrogens with one attached hydrogen (secondary N) is 1. The van der Waals surface area contributed by atoms with E-state index in [0.717, 1.165) is 0 Å². The van der Waals surface area contributed by atoms with Crippen LogP contribution in [0.4, 0.5) is 13.2 Å². The van der Waals surface area contributed by atoms with Gasteiger partial charge in [0.25, 0.3) is 0 Å². The maximum absolute atomic E-state index is 13.1. The molecule has 20 heavy (non-hydrogen) atoms. The van der Waals surface area contributed by atoms with E-state index in [1.54, 1.807) is 19.1 Å². The Morgan fingerprint density at radius 2 is 2.20 bits per heavy atom. The Kier molecular flexibility index (Phi) is 4.32. The second kappa shape index (κ2) is 5.83. The van der Waals surface area contributed by atoms with Crippen LogP contribution in [0.2, 0.25) is 0 Å². The van der Waals surface area contributed by atoms with Gasteiger partial charge in [-0.2, -0.15) is 13.2 Å². The Labute approximate surface area is 115 Å². The maximum atomic E-state index is 13.1. The van der Waals surface area contributed by atoms with Gasteiger partial charge in [-0.05, 0) is 25.3 Å². The molecule has 1 N–H and O–H groups in total. The summed E-state index contributed by atoms with van der Waals surface area (Å²) in [7, 11) is 0. The number of hydrogen-bond acceptors (Lipinski definition) is 2. The molecule has 0 aliphatic carbocycles. The Hall–Kier alpha value is -1.56. The van der Waals surface area contributed by atoms with Crippen LogP contribution in [0.15, 0.2) is 24.3 Å². The number of halogens is 3. The molecule has 0 unspecified atom stereocenters. The average Bonchev–Trinajstić information content (AvgIpc) is 2.88. The van der Waals surface area contributed by atoms with E-state index in [9.17, 15) is 18.0 Å². The Balaban J connectivity index is 2.18. The van der Waals surface area contributed by atoms with Crippen molar-refractivity contribution in [1.29, 1.82) is 0 Å². The summed E-state index contributed by atoms with van der Waals surface area (Å²) in [5.74, 6) is -0.702. The summed E-state index contributed by atoms with van der Waals surface area (Å²) >= 11 is 0. The van der Waals surface area contributed by atoms with E-state index in [1.807, 2.05) is 0 Å². The molecular weight excluding hydrogens is 271 g/mol. The first-order chi connectivity index (χ1) is 9.38. The number of hydrogen-bond donors (Lipinski definition) is 1. The van der Waals surface area contributed by atoms with E-state index in [2.05, 4.69) is 5.32 Å². The van der Waals surface area contributed by atoms with Crippen LogP contribution in [-0.4, -0.2) is 24.8 Å². The van der Waals surface area contributed by atoms with Gasteiger partial charge in [0.1, 0.15) is 6.10 Å². The summed E-state index contributed by atoms with van der Waals surface area (Å²) in [6.07, 6.45) is -4.16. The molecule has 2 atom stereocenters. The first kappa shape index (κ1) is 14.8. The lowest BCUT2D eigenvalue weighted by Crippen LogP contribution is -2.42. The van der Waals surface area contributed by atoms with Gasteiger partial charge in [0.15, 0.2) is 6.04 Å².